The van der Waals surface area contributed by atoms with Crippen molar-refractivity contribution in [1.29, 1.82) is 0 Å². The van der Waals surface area contributed by atoms with Crippen LogP contribution in [0.25, 0.3) is 0 Å². The molecule has 0 aromatic heterocycles. The smallest absolute Gasteiger partial charge is 0.324 e. The van der Waals surface area contributed by atoms with Gasteiger partial charge in [0.1, 0.15) is 11.6 Å². The SMILES string of the molecule is CCOC(=O)[C@@H]1CSC(C)(CC(=O)OC(C)(C)C)N1. The summed E-state index contributed by atoms with van der Waals surface area (Å²) in [6.07, 6.45) is 0.227. The quantitative estimate of drug-likeness (QED) is 0.795. The molecule has 0 aromatic carbocycles. The van der Waals surface area contributed by atoms with Gasteiger partial charge in [-0.3, -0.25) is 14.9 Å². The van der Waals surface area contributed by atoms with Crippen LogP contribution in [0, 0.1) is 0 Å². The maximum absolute atomic E-state index is 11.8. The second-order valence-corrected chi connectivity index (χ2v) is 7.28. The predicted octanol–water partition coefficient (Wildman–Crippen LogP) is 1.70. The zero-order chi connectivity index (χ0) is 14.7. The van der Waals surface area contributed by atoms with Crippen molar-refractivity contribution in [3.8, 4) is 0 Å². The van der Waals surface area contributed by atoms with Gasteiger partial charge in [0, 0.05) is 5.75 Å². The van der Waals surface area contributed by atoms with Gasteiger partial charge in [0.2, 0.25) is 0 Å². The van der Waals surface area contributed by atoms with Crippen molar-refractivity contribution < 1.29 is 19.1 Å². The van der Waals surface area contributed by atoms with E-state index in [-0.39, 0.29) is 24.4 Å². The Hall–Kier alpha value is -0.750. The molecule has 110 valence electrons. The van der Waals surface area contributed by atoms with Crippen molar-refractivity contribution in [3.05, 3.63) is 0 Å². The van der Waals surface area contributed by atoms with Crippen molar-refractivity contribution >= 4 is 23.7 Å². The fourth-order valence-corrected chi connectivity index (χ4v) is 3.04. The molecule has 5 nitrogen and oxygen atoms in total. The van der Waals surface area contributed by atoms with Crippen LogP contribution in [0.5, 0.6) is 0 Å². The highest BCUT2D eigenvalue weighted by molar-refractivity contribution is 8.00. The minimum absolute atomic E-state index is 0.227. The first-order chi connectivity index (χ1) is 8.65. The number of rotatable bonds is 4. The third-order valence-electron chi connectivity index (χ3n) is 2.52. The standard InChI is InChI=1S/C13H23NO4S/c1-6-17-11(16)9-8-19-13(5,14-9)7-10(15)18-12(2,3)4/h9,14H,6-8H2,1-5H3/t9-,13?/m0/s1. The highest BCUT2D eigenvalue weighted by Gasteiger charge is 2.41. The molecular weight excluding hydrogens is 266 g/mol. The van der Waals surface area contributed by atoms with E-state index in [1.165, 1.54) is 0 Å². The van der Waals surface area contributed by atoms with Crippen LogP contribution >= 0.6 is 11.8 Å². The average Bonchev–Trinajstić information content (AvgIpc) is 2.57. The maximum atomic E-state index is 11.8. The summed E-state index contributed by atoms with van der Waals surface area (Å²) >= 11 is 1.55. The molecule has 1 unspecified atom stereocenters. The van der Waals surface area contributed by atoms with Crippen LogP contribution in [-0.4, -0.2) is 40.8 Å². The molecule has 1 heterocycles. The lowest BCUT2D eigenvalue weighted by Gasteiger charge is -2.26. The van der Waals surface area contributed by atoms with Crippen molar-refractivity contribution in [1.82, 2.24) is 5.32 Å². The highest BCUT2D eigenvalue weighted by atomic mass is 32.2. The molecule has 6 heteroatoms. The third-order valence-corrected chi connectivity index (χ3v) is 3.92. The lowest BCUT2D eigenvalue weighted by molar-refractivity contribution is -0.156. The van der Waals surface area contributed by atoms with Gasteiger partial charge in [0.15, 0.2) is 0 Å². The Kier molecular flexibility index (Phi) is 5.26. The Morgan fingerprint density at radius 2 is 2.05 bits per heavy atom. The van der Waals surface area contributed by atoms with Gasteiger partial charge in [-0.25, -0.2) is 0 Å². The van der Waals surface area contributed by atoms with Crippen molar-refractivity contribution in [3.63, 3.8) is 0 Å². The van der Waals surface area contributed by atoms with E-state index in [4.69, 9.17) is 9.47 Å². The highest BCUT2D eigenvalue weighted by Crippen LogP contribution is 2.34. The van der Waals surface area contributed by atoms with Gasteiger partial charge in [-0.05, 0) is 34.6 Å². The minimum Gasteiger partial charge on any atom is -0.465 e. The first-order valence-corrected chi connectivity index (χ1v) is 7.44. The van der Waals surface area contributed by atoms with E-state index in [9.17, 15) is 9.59 Å². The van der Waals surface area contributed by atoms with E-state index in [0.717, 1.165) is 0 Å². The molecule has 0 spiro atoms. The van der Waals surface area contributed by atoms with Crippen LogP contribution in [-0.2, 0) is 19.1 Å². The van der Waals surface area contributed by atoms with E-state index in [1.54, 1.807) is 18.7 Å². The average molecular weight is 289 g/mol. The number of nitrogens with one attached hydrogen (secondary N) is 1. The number of thioether (sulfide) groups is 1. The molecule has 0 bridgehead atoms. The van der Waals surface area contributed by atoms with E-state index in [0.29, 0.717) is 12.4 Å². The summed E-state index contributed by atoms with van der Waals surface area (Å²) in [6.45, 7) is 9.56. The van der Waals surface area contributed by atoms with Gasteiger partial charge in [-0.1, -0.05) is 0 Å². The van der Waals surface area contributed by atoms with Crippen molar-refractivity contribution in [2.45, 2.75) is 57.6 Å². The normalized spacial score (nSPS) is 27.1. The molecule has 1 aliphatic rings. The molecule has 1 aliphatic heterocycles. The lowest BCUT2D eigenvalue weighted by atomic mass is 10.1. The Balaban J connectivity index is 2.51. The van der Waals surface area contributed by atoms with Crippen LogP contribution < -0.4 is 5.32 Å². The Bertz CT molecular complexity index is 353. The molecule has 0 aliphatic carbocycles. The molecule has 0 radical (unpaired) electrons. The predicted molar refractivity (Wildman–Crippen MR) is 74.9 cm³/mol. The second-order valence-electron chi connectivity index (χ2n) is 5.75. The van der Waals surface area contributed by atoms with E-state index >= 15 is 0 Å². The van der Waals surface area contributed by atoms with Gasteiger partial charge < -0.3 is 9.47 Å². The zero-order valence-corrected chi connectivity index (χ0v) is 13.1. The summed E-state index contributed by atoms with van der Waals surface area (Å²) in [4.78, 5) is 23.0. The third kappa shape index (κ3) is 5.40. The minimum atomic E-state index is -0.489. The molecule has 0 amide bonds. The summed E-state index contributed by atoms with van der Waals surface area (Å²) in [5.41, 5.74) is -0.489. The largest absolute Gasteiger partial charge is 0.465 e. The molecule has 1 saturated heterocycles. The molecular formula is C13H23NO4S. The van der Waals surface area contributed by atoms with Gasteiger partial charge in [0.05, 0.1) is 17.9 Å². The van der Waals surface area contributed by atoms with Crippen molar-refractivity contribution in [2.75, 3.05) is 12.4 Å². The Morgan fingerprint density at radius 3 is 2.58 bits per heavy atom. The van der Waals surface area contributed by atoms with Gasteiger partial charge in [-0.15, -0.1) is 11.8 Å². The van der Waals surface area contributed by atoms with Crippen LogP contribution in [0.4, 0.5) is 0 Å². The molecule has 2 atom stereocenters. The van der Waals surface area contributed by atoms with Gasteiger partial charge >= 0.3 is 11.9 Å². The zero-order valence-electron chi connectivity index (χ0n) is 12.2. The summed E-state index contributed by atoms with van der Waals surface area (Å²) in [7, 11) is 0. The molecule has 1 N–H and O–H groups in total. The molecule has 0 aromatic rings. The second kappa shape index (κ2) is 6.13. The summed E-state index contributed by atoms with van der Waals surface area (Å²) in [6, 6.07) is -0.350. The maximum Gasteiger partial charge on any atom is 0.324 e. The van der Waals surface area contributed by atoms with E-state index < -0.39 is 10.5 Å². The number of carbonyl (C=O) groups is 2. The number of ether oxygens (including phenoxy) is 2. The number of carbonyl (C=O) groups excluding carboxylic acids is 2. The molecule has 19 heavy (non-hydrogen) atoms. The summed E-state index contributed by atoms with van der Waals surface area (Å²) in [5.74, 6) is 0.0837. The fraction of sp³-hybridized carbons (Fsp3) is 0.846. The lowest BCUT2D eigenvalue weighted by Crippen LogP contribution is -2.45. The van der Waals surface area contributed by atoms with Crippen LogP contribution in [0.15, 0.2) is 0 Å². The number of hydrogen-bond acceptors (Lipinski definition) is 6. The molecule has 1 fully saturated rings. The van der Waals surface area contributed by atoms with Crippen molar-refractivity contribution in [2.24, 2.45) is 0 Å². The first-order valence-electron chi connectivity index (χ1n) is 6.45. The molecule has 1 rings (SSSR count). The number of esters is 2. The number of hydrogen-bond donors (Lipinski definition) is 1. The molecule has 0 saturated carbocycles. The summed E-state index contributed by atoms with van der Waals surface area (Å²) < 4.78 is 10.3. The van der Waals surface area contributed by atoms with E-state index in [1.807, 2.05) is 27.7 Å². The van der Waals surface area contributed by atoms with Crippen LogP contribution in [0.1, 0.15) is 41.0 Å². The van der Waals surface area contributed by atoms with Crippen LogP contribution in [0.2, 0.25) is 0 Å². The monoisotopic (exact) mass is 289 g/mol. The topological polar surface area (TPSA) is 64.6 Å². The van der Waals surface area contributed by atoms with E-state index in [2.05, 4.69) is 5.32 Å². The fourth-order valence-electron chi connectivity index (χ4n) is 1.84. The summed E-state index contributed by atoms with van der Waals surface area (Å²) in [5, 5.41) is 3.16. The Labute approximate surface area is 118 Å². The Morgan fingerprint density at radius 1 is 1.42 bits per heavy atom. The van der Waals surface area contributed by atoms with Crippen LogP contribution in [0.3, 0.4) is 0 Å². The van der Waals surface area contributed by atoms with Gasteiger partial charge in [0.25, 0.3) is 0 Å². The first kappa shape index (κ1) is 16.3. The van der Waals surface area contributed by atoms with Gasteiger partial charge in [-0.2, -0.15) is 0 Å².